The molecule has 0 unspecified atom stereocenters. The zero-order chi connectivity index (χ0) is 18.5. The van der Waals surface area contributed by atoms with Gasteiger partial charge in [-0.3, -0.25) is 4.79 Å². The highest BCUT2D eigenvalue weighted by Gasteiger charge is 2.64. The number of ether oxygens (including phenoxy) is 1. The lowest BCUT2D eigenvalue weighted by Gasteiger charge is -2.37. The molecule has 0 saturated heterocycles. The first kappa shape index (κ1) is 17.1. The van der Waals surface area contributed by atoms with E-state index in [1.54, 1.807) is 12.1 Å². The third-order valence-corrected chi connectivity index (χ3v) is 5.80. The number of aliphatic carboxylic acids is 1. The molecule has 1 atom stereocenters. The summed E-state index contributed by atoms with van der Waals surface area (Å²) in [4.78, 5) is 11.1. The van der Waals surface area contributed by atoms with Crippen LogP contribution >= 0.6 is 0 Å². The summed E-state index contributed by atoms with van der Waals surface area (Å²) in [6, 6.07) is 12.8. The van der Waals surface area contributed by atoms with Gasteiger partial charge in [-0.2, -0.15) is 0 Å². The zero-order valence-corrected chi connectivity index (χ0v) is 15.0. The zero-order valence-electron chi connectivity index (χ0n) is 15.0. The SMILES string of the molecule is CC(C)Oc1ccc(F)c(-c2ccc(C3CC4(C3)C[C@@H]4C(=O)O)cc2)c1. The Bertz CT molecular complexity index is 835. The van der Waals surface area contributed by atoms with Crippen LogP contribution in [-0.2, 0) is 4.79 Å². The number of halogens is 1. The van der Waals surface area contributed by atoms with Crippen molar-refractivity contribution >= 4 is 5.97 Å². The molecule has 1 N–H and O–H groups in total. The maximum atomic E-state index is 14.2. The lowest BCUT2D eigenvalue weighted by atomic mass is 9.67. The van der Waals surface area contributed by atoms with E-state index in [2.05, 4.69) is 0 Å². The first-order valence-corrected chi connectivity index (χ1v) is 9.17. The monoisotopic (exact) mass is 354 g/mol. The Balaban J connectivity index is 1.48. The van der Waals surface area contributed by atoms with E-state index in [4.69, 9.17) is 9.84 Å². The van der Waals surface area contributed by atoms with Gasteiger partial charge >= 0.3 is 5.97 Å². The molecule has 3 nitrogen and oxygen atoms in total. The van der Waals surface area contributed by atoms with E-state index in [-0.39, 0.29) is 23.3 Å². The predicted molar refractivity (Wildman–Crippen MR) is 97.8 cm³/mol. The maximum absolute atomic E-state index is 14.2. The van der Waals surface area contributed by atoms with E-state index in [9.17, 15) is 9.18 Å². The van der Waals surface area contributed by atoms with E-state index in [0.717, 1.165) is 24.8 Å². The summed E-state index contributed by atoms with van der Waals surface area (Å²) < 4.78 is 19.9. The van der Waals surface area contributed by atoms with Gasteiger partial charge in [0.2, 0.25) is 0 Å². The summed E-state index contributed by atoms with van der Waals surface area (Å²) in [7, 11) is 0. The second kappa shape index (κ2) is 6.11. The number of rotatable bonds is 5. The van der Waals surface area contributed by atoms with Crippen molar-refractivity contribution in [2.45, 2.75) is 45.1 Å². The summed E-state index contributed by atoms with van der Waals surface area (Å²) in [5.74, 6) is 0.0241. The second-order valence-corrected chi connectivity index (χ2v) is 7.99. The molecular weight excluding hydrogens is 331 g/mol. The molecule has 0 amide bonds. The van der Waals surface area contributed by atoms with Gasteiger partial charge in [0.15, 0.2) is 0 Å². The molecule has 2 aromatic carbocycles. The van der Waals surface area contributed by atoms with Crippen molar-refractivity contribution in [3.8, 4) is 16.9 Å². The van der Waals surface area contributed by atoms with Crippen LogP contribution in [0.4, 0.5) is 4.39 Å². The van der Waals surface area contributed by atoms with Crippen molar-refractivity contribution < 1.29 is 19.0 Å². The number of hydrogen-bond acceptors (Lipinski definition) is 2. The molecule has 2 saturated carbocycles. The summed E-state index contributed by atoms with van der Waals surface area (Å²) in [5, 5.41) is 9.13. The van der Waals surface area contributed by atoms with Crippen molar-refractivity contribution in [1.82, 2.24) is 0 Å². The molecule has 0 aliphatic heterocycles. The molecule has 0 bridgehead atoms. The summed E-state index contributed by atoms with van der Waals surface area (Å²) >= 11 is 0. The number of carboxylic acids is 1. The van der Waals surface area contributed by atoms with Crippen molar-refractivity contribution in [2.24, 2.45) is 11.3 Å². The standard InChI is InChI=1S/C22H23FO3/c1-13(2)26-17-7-8-20(23)18(9-17)15-5-3-14(4-6-15)16-10-22(11-16)12-19(22)21(24)25/h3-9,13,16,19H,10-12H2,1-2H3,(H,24,25)/t16?,19-,22?/m1/s1. The van der Waals surface area contributed by atoms with E-state index in [0.29, 0.717) is 17.2 Å². The lowest BCUT2D eigenvalue weighted by Crippen LogP contribution is -2.27. The van der Waals surface area contributed by atoms with Gasteiger partial charge in [-0.1, -0.05) is 24.3 Å². The van der Waals surface area contributed by atoms with Gasteiger partial charge in [0, 0.05) is 5.56 Å². The molecule has 2 aliphatic carbocycles. The molecule has 4 heteroatoms. The predicted octanol–water partition coefficient (Wildman–Crippen LogP) is 5.25. The number of carboxylic acid groups (broad SMARTS) is 1. The highest BCUT2D eigenvalue weighted by molar-refractivity contribution is 5.75. The molecular formula is C22H23FO3. The molecule has 0 aromatic heterocycles. The highest BCUT2D eigenvalue weighted by Crippen LogP contribution is 2.70. The van der Waals surface area contributed by atoms with Crippen LogP contribution in [0.3, 0.4) is 0 Å². The minimum Gasteiger partial charge on any atom is -0.491 e. The van der Waals surface area contributed by atoms with E-state index < -0.39 is 5.97 Å². The number of benzene rings is 2. The van der Waals surface area contributed by atoms with Crippen molar-refractivity contribution in [3.05, 3.63) is 53.8 Å². The molecule has 1 spiro atoms. The Morgan fingerprint density at radius 1 is 1.15 bits per heavy atom. The Labute approximate surface area is 152 Å². The normalized spacial score (nSPS) is 26.6. The van der Waals surface area contributed by atoms with Gasteiger partial charge in [0.25, 0.3) is 0 Å². The molecule has 26 heavy (non-hydrogen) atoms. The molecule has 2 aliphatic rings. The van der Waals surface area contributed by atoms with Crippen LogP contribution in [-0.4, -0.2) is 17.2 Å². The van der Waals surface area contributed by atoms with E-state index in [1.807, 2.05) is 38.1 Å². The Morgan fingerprint density at radius 3 is 2.42 bits per heavy atom. The van der Waals surface area contributed by atoms with Gasteiger partial charge in [0.1, 0.15) is 11.6 Å². The van der Waals surface area contributed by atoms with Gasteiger partial charge in [-0.25, -0.2) is 4.39 Å². The number of carbonyl (C=O) groups is 1. The van der Waals surface area contributed by atoms with Gasteiger partial charge < -0.3 is 9.84 Å². The van der Waals surface area contributed by atoms with Gasteiger partial charge in [0.05, 0.1) is 12.0 Å². The fourth-order valence-corrected chi connectivity index (χ4v) is 4.31. The quantitative estimate of drug-likeness (QED) is 0.798. The van der Waals surface area contributed by atoms with Gasteiger partial charge in [-0.15, -0.1) is 0 Å². The molecule has 2 fully saturated rings. The first-order chi connectivity index (χ1) is 12.4. The smallest absolute Gasteiger partial charge is 0.307 e. The first-order valence-electron chi connectivity index (χ1n) is 9.17. The van der Waals surface area contributed by atoms with Crippen LogP contribution in [0.2, 0.25) is 0 Å². The average molecular weight is 354 g/mol. The topological polar surface area (TPSA) is 46.5 Å². The highest BCUT2D eigenvalue weighted by atomic mass is 19.1. The lowest BCUT2D eigenvalue weighted by molar-refractivity contribution is -0.140. The van der Waals surface area contributed by atoms with Crippen LogP contribution in [0.5, 0.6) is 5.75 Å². The fraction of sp³-hybridized carbons (Fsp3) is 0.409. The Morgan fingerprint density at radius 2 is 1.85 bits per heavy atom. The van der Waals surface area contributed by atoms with E-state index in [1.165, 1.54) is 11.6 Å². The average Bonchev–Trinajstić information content (AvgIpc) is 3.31. The molecule has 2 aromatic rings. The number of hydrogen-bond donors (Lipinski definition) is 1. The van der Waals surface area contributed by atoms with Crippen LogP contribution in [0.15, 0.2) is 42.5 Å². The third-order valence-electron chi connectivity index (χ3n) is 5.80. The largest absolute Gasteiger partial charge is 0.491 e. The molecule has 0 radical (unpaired) electrons. The summed E-state index contributed by atoms with van der Waals surface area (Å²) in [5.41, 5.74) is 2.63. The van der Waals surface area contributed by atoms with Crippen LogP contribution in [0, 0.1) is 17.2 Å². The van der Waals surface area contributed by atoms with E-state index >= 15 is 0 Å². The van der Waals surface area contributed by atoms with Gasteiger partial charge in [-0.05, 0) is 73.8 Å². The minimum absolute atomic E-state index is 0.0404. The summed E-state index contributed by atoms with van der Waals surface area (Å²) in [6.07, 6.45) is 2.77. The van der Waals surface area contributed by atoms with Crippen LogP contribution in [0.1, 0.15) is 44.6 Å². The molecule has 0 heterocycles. The van der Waals surface area contributed by atoms with Crippen LogP contribution in [0.25, 0.3) is 11.1 Å². The molecule has 136 valence electrons. The third kappa shape index (κ3) is 2.98. The maximum Gasteiger partial charge on any atom is 0.307 e. The second-order valence-electron chi connectivity index (χ2n) is 7.99. The Kier molecular flexibility index (Phi) is 4.02. The molecule has 4 rings (SSSR count). The summed E-state index contributed by atoms with van der Waals surface area (Å²) in [6.45, 7) is 3.88. The Hall–Kier alpha value is -2.36. The van der Waals surface area contributed by atoms with Crippen LogP contribution < -0.4 is 4.74 Å². The minimum atomic E-state index is -0.655. The van der Waals surface area contributed by atoms with Crippen molar-refractivity contribution in [2.75, 3.05) is 0 Å². The van der Waals surface area contributed by atoms with Crippen molar-refractivity contribution in [1.29, 1.82) is 0 Å². The fourth-order valence-electron chi connectivity index (χ4n) is 4.31. The van der Waals surface area contributed by atoms with Crippen molar-refractivity contribution in [3.63, 3.8) is 0 Å².